The van der Waals surface area contributed by atoms with E-state index < -0.39 is 97.5 Å². The van der Waals surface area contributed by atoms with Crippen molar-refractivity contribution in [3.8, 4) is 0 Å². The molecular formula is C84H164O17P2. The topological polar surface area (TPSA) is 237 Å². The molecule has 3 N–H and O–H groups in total. The third kappa shape index (κ3) is 76.6. The summed E-state index contributed by atoms with van der Waals surface area (Å²) in [6, 6.07) is 0. The minimum atomic E-state index is -4.96. The van der Waals surface area contributed by atoms with E-state index >= 15 is 0 Å². The number of phosphoric acid groups is 2. The van der Waals surface area contributed by atoms with Crippen LogP contribution >= 0.6 is 15.6 Å². The molecule has 3 unspecified atom stereocenters. The van der Waals surface area contributed by atoms with Crippen molar-refractivity contribution in [3.05, 3.63) is 0 Å². The second-order valence-corrected chi connectivity index (χ2v) is 34.3. The van der Waals surface area contributed by atoms with Gasteiger partial charge < -0.3 is 33.8 Å². The van der Waals surface area contributed by atoms with Crippen LogP contribution in [0.1, 0.15) is 440 Å². The predicted octanol–water partition coefficient (Wildman–Crippen LogP) is 25.3. The van der Waals surface area contributed by atoms with Crippen LogP contribution in [-0.2, 0) is 65.4 Å². The maximum absolute atomic E-state index is 13.1. The Morgan fingerprint density at radius 1 is 0.282 bits per heavy atom. The molecule has 612 valence electrons. The number of carbonyl (C=O) groups excluding carboxylic acids is 4. The van der Waals surface area contributed by atoms with Crippen LogP contribution in [-0.4, -0.2) is 96.7 Å². The minimum absolute atomic E-state index is 0.107. The van der Waals surface area contributed by atoms with Crippen LogP contribution in [0.2, 0.25) is 0 Å². The molecule has 0 saturated carbocycles. The van der Waals surface area contributed by atoms with Gasteiger partial charge in [0, 0.05) is 25.7 Å². The number of aliphatic hydroxyl groups excluding tert-OH is 1. The lowest BCUT2D eigenvalue weighted by Crippen LogP contribution is -2.30. The van der Waals surface area contributed by atoms with Gasteiger partial charge >= 0.3 is 39.5 Å². The van der Waals surface area contributed by atoms with Gasteiger partial charge in [0.15, 0.2) is 12.2 Å². The summed E-state index contributed by atoms with van der Waals surface area (Å²) < 4.78 is 68.9. The molecule has 0 bridgehead atoms. The van der Waals surface area contributed by atoms with E-state index in [1.807, 2.05) is 0 Å². The number of hydrogen-bond acceptors (Lipinski definition) is 15. The monoisotopic (exact) mass is 1510 g/mol. The number of aliphatic hydroxyl groups is 1. The summed E-state index contributed by atoms with van der Waals surface area (Å²) in [5, 5.41) is 10.7. The second-order valence-electron chi connectivity index (χ2n) is 31.4. The maximum atomic E-state index is 13.1. The van der Waals surface area contributed by atoms with Crippen LogP contribution in [0.4, 0.5) is 0 Å². The third-order valence-electron chi connectivity index (χ3n) is 20.0. The molecule has 0 aromatic heterocycles. The summed E-state index contributed by atoms with van der Waals surface area (Å²) in [5.74, 6) is 0.334. The molecule has 6 atom stereocenters. The fourth-order valence-corrected chi connectivity index (χ4v) is 14.6. The lowest BCUT2D eigenvalue weighted by molar-refractivity contribution is -0.161. The summed E-state index contributed by atoms with van der Waals surface area (Å²) >= 11 is 0. The van der Waals surface area contributed by atoms with Gasteiger partial charge in [0.1, 0.15) is 19.3 Å². The van der Waals surface area contributed by atoms with E-state index in [4.69, 9.17) is 37.0 Å². The van der Waals surface area contributed by atoms with Gasteiger partial charge in [0.05, 0.1) is 26.4 Å². The first-order valence-corrected chi connectivity index (χ1v) is 46.4. The molecule has 0 rings (SSSR count). The Kier molecular flexibility index (Phi) is 72.8. The molecule has 0 aromatic carbocycles. The van der Waals surface area contributed by atoms with Crippen molar-refractivity contribution in [2.75, 3.05) is 39.6 Å². The van der Waals surface area contributed by atoms with Crippen molar-refractivity contribution in [2.24, 2.45) is 17.8 Å². The molecule has 17 nitrogen and oxygen atoms in total. The van der Waals surface area contributed by atoms with Crippen LogP contribution in [0.3, 0.4) is 0 Å². The van der Waals surface area contributed by atoms with Gasteiger partial charge in [-0.05, 0) is 43.4 Å². The van der Waals surface area contributed by atoms with E-state index in [0.717, 1.165) is 108 Å². The lowest BCUT2D eigenvalue weighted by atomic mass is 9.99. The number of carbonyl (C=O) groups is 4. The van der Waals surface area contributed by atoms with Gasteiger partial charge in [-0.1, -0.05) is 389 Å². The second kappa shape index (κ2) is 74.2. The zero-order chi connectivity index (χ0) is 75.8. The fourth-order valence-electron chi connectivity index (χ4n) is 13.0. The number of hydrogen-bond donors (Lipinski definition) is 3. The van der Waals surface area contributed by atoms with E-state index in [2.05, 4.69) is 48.5 Å². The van der Waals surface area contributed by atoms with E-state index in [-0.39, 0.29) is 25.7 Å². The van der Waals surface area contributed by atoms with Crippen LogP contribution in [0.5, 0.6) is 0 Å². The number of unbranched alkanes of at least 4 members (excludes halogenated alkanes) is 49. The molecule has 0 amide bonds. The van der Waals surface area contributed by atoms with Crippen molar-refractivity contribution in [1.29, 1.82) is 0 Å². The van der Waals surface area contributed by atoms with Crippen molar-refractivity contribution < 1.29 is 80.2 Å². The quantitative estimate of drug-likeness (QED) is 0.0222. The van der Waals surface area contributed by atoms with Gasteiger partial charge in [-0.15, -0.1) is 0 Å². The molecule has 0 aliphatic heterocycles. The Bertz CT molecular complexity index is 1990. The third-order valence-corrected chi connectivity index (χ3v) is 21.9. The van der Waals surface area contributed by atoms with E-state index in [1.165, 1.54) is 250 Å². The Morgan fingerprint density at radius 2 is 0.495 bits per heavy atom. The summed E-state index contributed by atoms with van der Waals surface area (Å²) in [6.45, 7) is 12.1. The highest BCUT2D eigenvalue weighted by Crippen LogP contribution is 2.45. The number of esters is 4. The number of rotatable bonds is 82. The van der Waals surface area contributed by atoms with E-state index in [0.29, 0.717) is 25.7 Å². The fraction of sp³-hybridized carbons (Fsp3) is 0.952. The van der Waals surface area contributed by atoms with Crippen LogP contribution < -0.4 is 0 Å². The minimum Gasteiger partial charge on any atom is -0.462 e. The summed E-state index contributed by atoms with van der Waals surface area (Å²) in [5.41, 5.74) is 0. The molecule has 0 aliphatic rings. The molecular weight excluding hydrogens is 1340 g/mol. The first kappa shape index (κ1) is 101. The molecule has 0 radical (unpaired) electrons. The Hall–Kier alpha value is -1.94. The zero-order valence-electron chi connectivity index (χ0n) is 67.8. The number of ether oxygens (including phenoxy) is 4. The highest BCUT2D eigenvalue weighted by molar-refractivity contribution is 7.47. The molecule has 19 heteroatoms. The largest absolute Gasteiger partial charge is 0.472 e. The van der Waals surface area contributed by atoms with E-state index in [9.17, 15) is 43.2 Å². The molecule has 103 heavy (non-hydrogen) atoms. The van der Waals surface area contributed by atoms with Crippen LogP contribution in [0, 0.1) is 17.8 Å². The summed E-state index contributed by atoms with van der Waals surface area (Å²) in [4.78, 5) is 73.2. The lowest BCUT2D eigenvalue weighted by Gasteiger charge is -2.21. The van der Waals surface area contributed by atoms with Gasteiger partial charge in [0.2, 0.25) is 0 Å². The Labute approximate surface area is 632 Å². The van der Waals surface area contributed by atoms with E-state index in [1.54, 1.807) is 0 Å². The average Bonchev–Trinajstić information content (AvgIpc) is 0.923. The van der Waals surface area contributed by atoms with Gasteiger partial charge in [-0.25, -0.2) is 9.13 Å². The van der Waals surface area contributed by atoms with Crippen LogP contribution in [0.15, 0.2) is 0 Å². The molecule has 0 fully saturated rings. The van der Waals surface area contributed by atoms with Gasteiger partial charge in [0.25, 0.3) is 0 Å². The molecule has 0 heterocycles. The highest BCUT2D eigenvalue weighted by atomic mass is 31.2. The smallest absolute Gasteiger partial charge is 0.462 e. The van der Waals surface area contributed by atoms with Crippen LogP contribution in [0.25, 0.3) is 0 Å². The van der Waals surface area contributed by atoms with Crippen molar-refractivity contribution in [2.45, 2.75) is 458 Å². The molecule has 0 spiro atoms. The van der Waals surface area contributed by atoms with Gasteiger partial charge in [-0.2, -0.15) is 0 Å². The molecule has 0 saturated heterocycles. The van der Waals surface area contributed by atoms with Crippen molar-refractivity contribution in [1.82, 2.24) is 0 Å². The zero-order valence-corrected chi connectivity index (χ0v) is 69.6. The van der Waals surface area contributed by atoms with Gasteiger partial charge in [-0.3, -0.25) is 37.3 Å². The number of phosphoric ester groups is 2. The molecule has 0 aliphatic carbocycles. The average molecular weight is 1510 g/mol. The Morgan fingerprint density at radius 3 is 0.738 bits per heavy atom. The molecule has 0 aromatic rings. The van der Waals surface area contributed by atoms with Crippen molar-refractivity contribution >= 4 is 39.5 Å². The van der Waals surface area contributed by atoms with Crippen molar-refractivity contribution in [3.63, 3.8) is 0 Å². The standard InChI is InChI=1S/C84H164O17P2/c1-8-10-11-12-13-14-27-37-44-51-58-65-81(86)94-71-79(100-84(89)68-61-54-47-40-33-26-20-22-29-35-42-49-56-63-76(5)6)73-98-102(90,91)96-69-78(85)70-97-103(92,93)99-74-80(101-83(88)67-60-53-46-39-32-25-17-15-16-21-28-34-41-48-55-62-75(3)4)72-95-82(87)66-59-52-45-38-31-24-19-18-23-30-36-43-50-57-64-77(7)9-2/h75-80,85H,8-74H2,1-7H3,(H,90,91)(H,92,93)/t77?,78-,79+,80+/m0/s1. The predicted molar refractivity (Wildman–Crippen MR) is 423 cm³/mol. The maximum Gasteiger partial charge on any atom is 0.472 e. The first-order chi connectivity index (χ1) is 49.8. The SMILES string of the molecule is CCCCCCCCCCCCCC(=O)OC[C@H](COP(=O)(O)OC[C@H](O)COP(=O)(O)OC[C@@H](COC(=O)CCCCCCCCCCCCCCCCC(C)CC)OC(=O)CCCCCCCCCCCCCCCCCC(C)C)OC(=O)CCCCCCCCCCCCCCCC(C)C. The normalized spacial score (nSPS) is 14.2. The highest BCUT2D eigenvalue weighted by Gasteiger charge is 2.30. The first-order valence-electron chi connectivity index (χ1n) is 43.4. The summed E-state index contributed by atoms with van der Waals surface area (Å²) in [6.07, 6.45) is 63.6. The summed E-state index contributed by atoms with van der Waals surface area (Å²) in [7, 11) is -9.93. The Balaban J connectivity index is 5.26.